The summed E-state index contributed by atoms with van der Waals surface area (Å²) in [6.07, 6.45) is 5.88. The average molecular weight is 441 g/mol. The maximum absolute atomic E-state index is 13.0. The molecule has 1 fully saturated rings. The number of likely N-dealkylation sites (tertiary alicyclic amines) is 1. The van der Waals surface area contributed by atoms with Gasteiger partial charge in [0.1, 0.15) is 0 Å². The van der Waals surface area contributed by atoms with Crippen LogP contribution in [0.4, 0.5) is 17.1 Å². The molecule has 33 heavy (non-hydrogen) atoms. The summed E-state index contributed by atoms with van der Waals surface area (Å²) in [5.74, 6) is -0.317. The third-order valence-corrected chi connectivity index (χ3v) is 5.99. The minimum atomic E-state index is -0.474. The number of anilines is 2. The van der Waals surface area contributed by atoms with Crippen LogP contribution in [0.15, 0.2) is 67.0 Å². The first kappa shape index (κ1) is 20.8. The Hall–Kier alpha value is -4.04. The van der Waals surface area contributed by atoms with Crippen molar-refractivity contribution in [3.8, 4) is 0 Å². The van der Waals surface area contributed by atoms with Crippen LogP contribution in [0.3, 0.4) is 0 Å². The zero-order valence-corrected chi connectivity index (χ0v) is 18.0. The van der Waals surface area contributed by atoms with E-state index in [1.54, 1.807) is 24.5 Å². The molecule has 1 aromatic heterocycles. The molecule has 5 rings (SSSR count). The van der Waals surface area contributed by atoms with Gasteiger partial charge in [0.05, 0.1) is 21.9 Å². The first-order valence-corrected chi connectivity index (χ1v) is 10.9. The second-order valence-electron chi connectivity index (χ2n) is 8.24. The summed E-state index contributed by atoms with van der Waals surface area (Å²) in [5, 5.41) is 17.3. The molecule has 2 aliphatic heterocycles. The Kier molecular flexibility index (Phi) is 5.58. The number of carbonyl (C=O) groups excluding carboxylic acids is 1. The first-order chi connectivity index (χ1) is 16.1. The van der Waals surface area contributed by atoms with E-state index in [1.165, 1.54) is 30.5 Å². The lowest BCUT2D eigenvalue weighted by Gasteiger charge is -2.17. The number of amides is 1. The quantitative estimate of drug-likeness (QED) is 0.331. The Morgan fingerprint density at radius 3 is 2.61 bits per heavy atom. The van der Waals surface area contributed by atoms with E-state index in [1.807, 2.05) is 18.2 Å². The van der Waals surface area contributed by atoms with Crippen LogP contribution in [0.1, 0.15) is 29.5 Å². The van der Waals surface area contributed by atoms with E-state index in [4.69, 9.17) is 0 Å². The predicted molar refractivity (Wildman–Crippen MR) is 127 cm³/mol. The number of nitrogens with one attached hydrogen (secondary N) is 2. The molecule has 8 heteroatoms. The standard InChI is InChI=1S/C25H23N5O3/c31-25-23(21-10-9-20(30(32)33)14-22(21)28-25)24(18-4-3-11-26-15-18)27-19-7-5-17(6-8-19)16-29-12-1-2-13-29/h3-11,14-15,27H,1-2,12-13,16H2,(H,28,31)/b24-23-. The number of aromatic nitrogens is 1. The van der Waals surface area contributed by atoms with Crippen LogP contribution < -0.4 is 10.6 Å². The van der Waals surface area contributed by atoms with E-state index in [0.717, 1.165) is 30.9 Å². The number of rotatable bonds is 6. The van der Waals surface area contributed by atoms with Crippen molar-refractivity contribution in [1.82, 2.24) is 9.88 Å². The number of hydrogen-bond donors (Lipinski definition) is 2. The van der Waals surface area contributed by atoms with Crippen LogP contribution in [-0.2, 0) is 11.3 Å². The van der Waals surface area contributed by atoms with Gasteiger partial charge in [-0.3, -0.25) is 24.8 Å². The average Bonchev–Trinajstić information content (AvgIpc) is 3.45. The number of nitrogens with zero attached hydrogens (tertiary/aromatic N) is 3. The number of carbonyl (C=O) groups is 1. The van der Waals surface area contributed by atoms with E-state index < -0.39 is 4.92 Å². The fourth-order valence-corrected chi connectivity index (χ4v) is 4.35. The van der Waals surface area contributed by atoms with Gasteiger partial charge < -0.3 is 10.6 Å². The van der Waals surface area contributed by atoms with Gasteiger partial charge in [-0.25, -0.2) is 0 Å². The van der Waals surface area contributed by atoms with Crippen LogP contribution in [0.5, 0.6) is 0 Å². The molecule has 0 bridgehead atoms. The zero-order valence-electron chi connectivity index (χ0n) is 18.0. The van der Waals surface area contributed by atoms with Crippen molar-refractivity contribution in [3.05, 3.63) is 93.8 Å². The maximum atomic E-state index is 13.0. The Bertz CT molecular complexity index is 1230. The smallest absolute Gasteiger partial charge is 0.271 e. The normalized spacial score (nSPS) is 16.9. The number of benzene rings is 2. The van der Waals surface area contributed by atoms with Gasteiger partial charge >= 0.3 is 0 Å². The highest BCUT2D eigenvalue weighted by Crippen LogP contribution is 2.39. The molecule has 0 aliphatic carbocycles. The van der Waals surface area contributed by atoms with Crippen LogP contribution in [0, 0.1) is 10.1 Å². The molecule has 2 N–H and O–H groups in total. The van der Waals surface area contributed by atoms with Gasteiger partial charge in [0.25, 0.3) is 11.6 Å². The molecular formula is C25H23N5O3. The fourth-order valence-electron chi connectivity index (χ4n) is 4.35. The van der Waals surface area contributed by atoms with Gasteiger partial charge in [-0.05, 0) is 61.8 Å². The molecule has 1 amide bonds. The van der Waals surface area contributed by atoms with Crippen molar-refractivity contribution in [2.24, 2.45) is 0 Å². The summed E-state index contributed by atoms with van der Waals surface area (Å²) >= 11 is 0. The largest absolute Gasteiger partial charge is 0.354 e. The van der Waals surface area contributed by atoms with Crippen LogP contribution in [0.25, 0.3) is 11.3 Å². The molecule has 8 nitrogen and oxygen atoms in total. The molecule has 3 aromatic rings. The number of hydrogen-bond acceptors (Lipinski definition) is 6. The minimum Gasteiger partial charge on any atom is -0.354 e. The highest BCUT2D eigenvalue weighted by molar-refractivity contribution is 6.37. The van der Waals surface area contributed by atoms with Crippen molar-refractivity contribution in [1.29, 1.82) is 0 Å². The van der Waals surface area contributed by atoms with Gasteiger partial charge in [-0.2, -0.15) is 0 Å². The lowest BCUT2D eigenvalue weighted by molar-refractivity contribution is -0.384. The van der Waals surface area contributed by atoms with E-state index in [-0.39, 0.29) is 11.6 Å². The molecule has 2 aromatic carbocycles. The predicted octanol–water partition coefficient (Wildman–Crippen LogP) is 4.52. The summed E-state index contributed by atoms with van der Waals surface area (Å²) in [6.45, 7) is 3.22. The molecule has 0 radical (unpaired) electrons. The second kappa shape index (κ2) is 8.84. The van der Waals surface area contributed by atoms with Gasteiger partial charge in [0.2, 0.25) is 0 Å². The van der Waals surface area contributed by atoms with E-state index in [2.05, 4.69) is 32.7 Å². The van der Waals surface area contributed by atoms with Crippen molar-refractivity contribution >= 4 is 34.2 Å². The Morgan fingerprint density at radius 2 is 1.91 bits per heavy atom. The molecule has 0 saturated carbocycles. The molecule has 1 saturated heterocycles. The molecule has 0 spiro atoms. The van der Waals surface area contributed by atoms with Crippen molar-refractivity contribution in [2.75, 3.05) is 23.7 Å². The van der Waals surface area contributed by atoms with Crippen LogP contribution in [-0.4, -0.2) is 33.8 Å². The number of pyridine rings is 1. The van der Waals surface area contributed by atoms with Gasteiger partial charge in [0, 0.05) is 47.9 Å². The van der Waals surface area contributed by atoms with E-state index in [0.29, 0.717) is 22.5 Å². The molecular weight excluding hydrogens is 418 g/mol. The third-order valence-electron chi connectivity index (χ3n) is 5.99. The van der Waals surface area contributed by atoms with Gasteiger partial charge in [-0.1, -0.05) is 12.1 Å². The van der Waals surface area contributed by atoms with E-state index >= 15 is 0 Å². The van der Waals surface area contributed by atoms with E-state index in [9.17, 15) is 14.9 Å². The third kappa shape index (κ3) is 4.33. The van der Waals surface area contributed by atoms with Crippen molar-refractivity contribution < 1.29 is 9.72 Å². The van der Waals surface area contributed by atoms with Crippen molar-refractivity contribution in [2.45, 2.75) is 19.4 Å². The molecule has 2 aliphatic rings. The lowest BCUT2D eigenvalue weighted by atomic mass is 10.0. The first-order valence-electron chi connectivity index (χ1n) is 10.9. The second-order valence-corrected chi connectivity index (χ2v) is 8.24. The summed E-state index contributed by atoms with van der Waals surface area (Å²) < 4.78 is 0. The van der Waals surface area contributed by atoms with Crippen molar-refractivity contribution in [3.63, 3.8) is 0 Å². The minimum absolute atomic E-state index is 0.0696. The molecule has 0 unspecified atom stereocenters. The summed E-state index contributed by atoms with van der Waals surface area (Å²) in [7, 11) is 0. The summed E-state index contributed by atoms with van der Waals surface area (Å²) in [6, 6.07) is 16.3. The highest BCUT2D eigenvalue weighted by atomic mass is 16.6. The van der Waals surface area contributed by atoms with Gasteiger partial charge in [-0.15, -0.1) is 0 Å². The number of non-ortho nitro benzene ring substituents is 1. The van der Waals surface area contributed by atoms with Gasteiger partial charge in [0.15, 0.2) is 0 Å². The molecule has 3 heterocycles. The Labute approximate surface area is 191 Å². The summed E-state index contributed by atoms with van der Waals surface area (Å²) in [5.41, 5.74) is 4.82. The number of nitro groups is 1. The topological polar surface area (TPSA) is 100 Å². The lowest BCUT2D eigenvalue weighted by Crippen LogP contribution is -2.18. The summed E-state index contributed by atoms with van der Waals surface area (Å²) in [4.78, 5) is 30.3. The number of nitro benzene ring substituents is 1. The van der Waals surface area contributed by atoms with Crippen LogP contribution >= 0.6 is 0 Å². The molecule has 166 valence electrons. The SMILES string of the molecule is O=C1Nc2cc([N+](=O)[O-])ccc2/C1=C(/Nc1ccc(CN2CCCC2)cc1)c1cccnc1. The fraction of sp³-hybridized carbons (Fsp3) is 0.200. The monoisotopic (exact) mass is 441 g/mol. The zero-order chi connectivity index (χ0) is 22.8. The highest BCUT2D eigenvalue weighted by Gasteiger charge is 2.30. The van der Waals surface area contributed by atoms with Crippen LogP contribution in [0.2, 0.25) is 0 Å². The number of fused-ring (bicyclic) bond motifs is 1. The Balaban J connectivity index is 1.51. The maximum Gasteiger partial charge on any atom is 0.271 e. The molecule has 0 atom stereocenters. The Morgan fingerprint density at radius 1 is 1.12 bits per heavy atom.